The number of pyridine rings is 1. The number of rotatable bonds is 7. The molecule has 0 aliphatic rings. The van der Waals surface area contributed by atoms with E-state index in [-0.39, 0.29) is 6.54 Å². The molecular formula is C18H19F3N2O3S. The lowest BCUT2D eigenvalue weighted by molar-refractivity contribution is -0.137. The first kappa shape index (κ1) is 20.9. The van der Waals surface area contributed by atoms with E-state index in [1.165, 1.54) is 6.92 Å². The SMILES string of the molecule is CC(C(=O)NCCCc1ccccc1)S(=O)(=O)c1ccc(C(F)(F)F)cn1. The number of hydrogen-bond acceptors (Lipinski definition) is 4. The molecule has 9 heteroatoms. The number of halogens is 3. The Hall–Kier alpha value is -2.42. The van der Waals surface area contributed by atoms with E-state index >= 15 is 0 Å². The fourth-order valence-electron chi connectivity index (χ4n) is 2.33. The molecule has 2 aromatic rings. The Kier molecular flexibility index (Phi) is 6.59. The maximum Gasteiger partial charge on any atom is 0.417 e. The van der Waals surface area contributed by atoms with E-state index in [4.69, 9.17) is 0 Å². The molecular weight excluding hydrogens is 381 g/mol. The van der Waals surface area contributed by atoms with Gasteiger partial charge in [-0.1, -0.05) is 30.3 Å². The van der Waals surface area contributed by atoms with Gasteiger partial charge in [0.05, 0.1) is 5.56 Å². The van der Waals surface area contributed by atoms with Crippen molar-refractivity contribution in [3.8, 4) is 0 Å². The van der Waals surface area contributed by atoms with Crippen molar-refractivity contribution < 1.29 is 26.4 Å². The van der Waals surface area contributed by atoms with E-state index in [0.29, 0.717) is 18.7 Å². The van der Waals surface area contributed by atoms with Crippen LogP contribution in [-0.2, 0) is 27.2 Å². The molecule has 1 heterocycles. The van der Waals surface area contributed by atoms with Crippen LogP contribution in [0, 0.1) is 0 Å². The molecule has 27 heavy (non-hydrogen) atoms. The Morgan fingerprint density at radius 3 is 2.37 bits per heavy atom. The van der Waals surface area contributed by atoms with Crippen molar-refractivity contribution in [3.05, 3.63) is 59.8 Å². The predicted molar refractivity (Wildman–Crippen MR) is 93.7 cm³/mol. The zero-order chi connectivity index (χ0) is 20.1. The fraction of sp³-hybridized carbons (Fsp3) is 0.333. The van der Waals surface area contributed by atoms with Crippen LogP contribution in [0.3, 0.4) is 0 Å². The van der Waals surface area contributed by atoms with Crippen molar-refractivity contribution in [3.63, 3.8) is 0 Å². The summed E-state index contributed by atoms with van der Waals surface area (Å²) in [7, 11) is -4.18. The third-order valence-corrected chi connectivity index (χ3v) is 5.94. The quantitative estimate of drug-likeness (QED) is 0.725. The van der Waals surface area contributed by atoms with Crippen LogP contribution in [0.5, 0.6) is 0 Å². The Labute approximate surface area is 155 Å². The number of nitrogens with zero attached hydrogens (tertiary/aromatic N) is 1. The van der Waals surface area contributed by atoms with E-state index < -0.39 is 37.8 Å². The first-order valence-corrected chi connectivity index (χ1v) is 9.76. The van der Waals surface area contributed by atoms with Crippen LogP contribution in [0.25, 0.3) is 0 Å². The van der Waals surface area contributed by atoms with Crippen LogP contribution >= 0.6 is 0 Å². The first-order chi connectivity index (χ1) is 12.6. The highest BCUT2D eigenvalue weighted by Crippen LogP contribution is 2.29. The number of amides is 1. The van der Waals surface area contributed by atoms with Crippen LogP contribution in [0.15, 0.2) is 53.7 Å². The monoisotopic (exact) mass is 400 g/mol. The van der Waals surface area contributed by atoms with Gasteiger partial charge in [0.25, 0.3) is 0 Å². The highest BCUT2D eigenvalue weighted by Gasteiger charge is 2.34. The molecule has 146 valence electrons. The highest BCUT2D eigenvalue weighted by molar-refractivity contribution is 7.92. The van der Waals surface area contributed by atoms with E-state index in [2.05, 4.69) is 10.3 Å². The number of sulfone groups is 1. The molecule has 1 N–H and O–H groups in total. The molecule has 0 saturated carbocycles. The van der Waals surface area contributed by atoms with Gasteiger partial charge in [-0.3, -0.25) is 4.79 Å². The third-order valence-electron chi connectivity index (χ3n) is 3.97. The van der Waals surface area contributed by atoms with Crippen molar-refractivity contribution in [2.24, 2.45) is 0 Å². The lowest BCUT2D eigenvalue weighted by Gasteiger charge is -2.13. The second kappa shape index (κ2) is 8.51. The molecule has 0 fully saturated rings. The average Bonchev–Trinajstić information content (AvgIpc) is 2.64. The molecule has 0 spiro atoms. The van der Waals surface area contributed by atoms with Gasteiger partial charge in [-0.25, -0.2) is 13.4 Å². The summed E-state index contributed by atoms with van der Waals surface area (Å²) in [5.74, 6) is -0.718. The number of aromatic nitrogens is 1. The number of carbonyl (C=O) groups excluding carboxylic acids is 1. The molecule has 2 rings (SSSR count). The predicted octanol–water partition coefficient (Wildman–Crippen LogP) is 3.01. The molecule has 0 saturated heterocycles. The summed E-state index contributed by atoms with van der Waals surface area (Å²) in [6, 6.07) is 11.0. The summed E-state index contributed by atoms with van der Waals surface area (Å²) in [5, 5.41) is 0.511. The molecule has 1 aromatic heterocycles. The van der Waals surface area contributed by atoms with E-state index in [1.807, 2.05) is 30.3 Å². The van der Waals surface area contributed by atoms with Crippen LogP contribution in [-0.4, -0.2) is 31.1 Å². The van der Waals surface area contributed by atoms with Crippen molar-refractivity contribution >= 4 is 15.7 Å². The van der Waals surface area contributed by atoms with Crippen molar-refractivity contribution in [1.29, 1.82) is 0 Å². The third kappa shape index (κ3) is 5.53. The van der Waals surface area contributed by atoms with Gasteiger partial charge >= 0.3 is 6.18 Å². The summed E-state index contributed by atoms with van der Waals surface area (Å²) >= 11 is 0. The smallest absolute Gasteiger partial charge is 0.355 e. The second-order valence-electron chi connectivity index (χ2n) is 5.95. The summed E-state index contributed by atoms with van der Waals surface area (Å²) in [4.78, 5) is 15.5. The van der Waals surface area contributed by atoms with Gasteiger partial charge in [0.15, 0.2) is 5.03 Å². The minimum absolute atomic E-state index is 0.286. The minimum Gasteiger partial charge on any atom is -0.355 e. The van der Waals surface area contributed by atoms with Gasteiger partial charge in [-0.05, 0) is 37.5 Å². The summed E-state index contributed by atoms with van der Waals surface area (Å²) in [6.07, 6.45) is -2.82. The maximum absolute atomic E-state index is 12.5. The molecule has 0 aliphatic heterocycles. The number of carbonyl (C=O) groups is 1. The average molecular weight is 400 g/mol. The lowest BCUT2D eigenvalue weighted by Crippen LogP contribution is -2.38. The van der Waals surface area contributed by atoms with Gasteiger partial charge in [0.1, 0.15) is 5.25 Å². The molecule has 0 aliphatic carbocycles. The molecule has 5 nitrogen and oxygen atoms in total. The summed E-state index contributed by atoms with van der Waals surface area (Å²) in [6.45, 7) is 1.47. The highest BCUT2D eigenvalue weighted by atomic mass is 32.2. The van der Waals surface area contributed by atoms with Crippen LogP contribution in [0.4, 0.5) is 13.2 Å². The largest absolute Gasteiger partial charge is 0.417 e. The number of benzene rings is 1. The van der Waals surface area contributed by atoms with Crippen molar-refractivity contribution in [2.45, 2.75) is 36.2 Å². The lowest BCUT2D eigenvalue weighted by atomic mass is 10.1. The standard InChI is InChI=1S/C18H19F3N2O3S/c1-13(17(24)22-11-5-8-14-6-3-2-4-7-14)27(25,26)16-10-9-15(12-23-16)18(19,20)21/h2-4,6-7,9-10,12-13H,5,8,11H2,1H3,(H,22,24). The number of aryl methyl sites for hydroxylation is 1. The topological polar surface area (TPSA) is 76.1 Å². The molecule has 1 atom stereocenters. The van der Waals surface area contributed by atoms with Crippen molar-refractivity contribution in [1.82, 2.24) is 10.3 Å². The van der Waals surface area contributed by atoms with Crippen LogP contribution in [0.1, 0.15) is 24.5 Å². The Morgan fingerprint density at radius 1 is 1.15 bits per heavy atom. The number of hydrogen-bond donors (Lipinski definition) is 1. The number of nitrogens with one attached hydrogen (secondary N) is 1. The summed E-state index contributed by atoms with van der Waals surface area (Å²) < 4.78 is 62.4. The normalized spacial score (nSPS) is 13.2. The molecule has 1 amide bonds. The fourth-order valence-corrected chi connectivity index (χ4v) is 3.52. The zero-order valence-electron chi connectivity index (χ0n) is 14.5. The van der Waals surface area contributed by atoms with Crippen LogP contribution in [0.2, 0.25) is 0 Å². The Bertz CT molecular complexity index is 867. The Morgan fingerprint density at radius 2 is 1.81 bits per heavy atom. The van der Waals surface area contributed by atoms with Gasteiger partial charge in [0, 0.05) is 12.7 Å². The van der Waals surface area contributed by atoms with Gasteiger partial charge in [-0.2, -0.15) is 13.2 Å². The van der Waals surface area contributed by atoms with Gasteiger partial charge in [-0.15, -0.1) is 0 Å². The zero-order valence-corrected chi connectivity index (χ0v) is 15.3. The summed E-state index contributed by atoms with van der Waals surface area (Å²) in [5.41, 5.74) is 0.0424. The van der Waals surface area contributed by atoms with E-state index in [0.717, 1.165) is 18.1 Å². The van der Waals surface area contributed by atoms with Crippen LogP contribution < -0.4 is 5.32 Å². The second-order valence-corrected chi connectivity index (χ2v) is 8.17. The maximum atomic E-state index is 12.5. The number of alkyl halides is 3. The van der Waals surface area contributed by atoms with Crippen molar-refractivity contribution in [2.75, 3.05) is 6.54 Å². The van der Waals surface area contributed by atoms with E-state index in [1.54, 1.807) is 0 Å². The minimum atomic E-state index is -4.61. The molecule has 1 aromatic carbocycles. The molecule has 1 unspecified atom stereocenters. The Balaban J connectivity index is 1.94. The van der Waals surface area contributed by atoms with Gasteiger partial charge in [0.2, 0.25) is 15.7 Å². The van der Waals surface area contributed by atoms with Gasteiger partial charge < -0.3 is 5.32 Å². The first-order valence-electron chi connectivity index (χ1n) is 8.21. The molecule has 0 bridgehead atoms. The van der Waals surface area contributed by atoms with E-state index in [9.17, 15) is 26.4 Å². The molecule has 0 radical (unpaired) electrons.